The number of hydrogen-bond acceptors (Lipinski definition) is 4. The van der Waals surface area contributed by atoms with Gasteiger partial charge in [-0.25, -0.2) is 0 Å². The van der Waals surface area contributed by atoms with Crippen molar-refractivity contribution in [1.29, 1.82) is 0 Å². The minimum absolute atomic E-state index is 0.309. The van der Waals surface area contributed by atoms with Crippen molar-refractivity contribution in [2.24, 2.45) is 0 Å². The maximum atomic E-state index is 5.85. The van der Waals surface area contributed by atoms with Crippen LogP contribution in [0.3, 0.4) is 0 Å². The molecule has 0 radical (unpaired) electrons. The van der Waals surface area contributed by atoms with E-state index in [-0.39, 0.29) is 0 Å². The fourth-order valence-electron chi connectivity index (χ4n) is 3.12. The summed E-state index contributed by atoms with van der Waals surface area (Å²) in [6.45, 7) is 4.69. The van der Waals surface area contributed by atoms with Gasteiger partial charge in [-0.15, -0.1) is 0 Å². The lowest BCUT2D eigenvalue weighted by Gasteiger charge is -2.33. The Bertz CT molecular complexity index is 573. The van der Waals surface area contributed by atoms with Crippen LogP contribution in [0.4, 0.5) is 0 Å². The van der Waals surface area contributed by atoms with Gasteiger partial charge in [-0.05, 0) is 25.0 Å². The molecule has 0 unspecified atom stereocenters. The normalized spacial score (nSPS) is 23.7. The summed E-state index contributed by atoms with van der Waals surface area (Å²) in [6.07, 6.45) is 3.06. The predicted molar refractivity (Wildman–Crippen MR) is 82.3 cm³/mol. The summed E-state index contributed by atoms with van der Waals surface area (Å²) in [5.41, 5.74) is 0.961. The van der Waals surface area contributed by atoms with Crippen LogP contribution in [0, 0.1) is 0 Å². The molecule has 1 saturated carbocycles. The summed E-state index contributed by atoms with van der Waals surface area (Å²) in [5.74, 6) is 0.992. The van der Waals surface area contributed by atoms with Crippen molar-refractivity contribution in [3.63, 3.8) is 0 Å². The van der Waals surface area contributed by atoms with E-state index in [9.17, 15) is 0 Å². The van der Waals surface area contributed by atoms with Crippen LogP contribution in [0.1, 0.15) is 18.6 Å². The first-order chi connectivity index (χ1) is 10.4. The fraction of sp³-hybridized carbons (Fsp3) is 0.529. The lowest BCUT2D eigenvalue weighted by Crippen LogP contribution is -2.47. The quantitative estimate of drug-likeness (QED) is 0.916. The Morgan fingerprint density at radius 1 is 1.24 bits per heavy atom. The maximum absolute atomic E-state index is 5.85. The van der Waals surface area contributed by atoms with Crippen molar-refractivity contribution >= 4 is 11.0 Å². The Morgan fingerprint density at radius 2 is 2.14 bits per heavy atom. The Labute approximate surface area is 125 Å². The molecule has 21 heavy (non-hydrogen) atoms. The molecule has 2 heterocycles. The van der Waals surface area contributed by atoms with E-state index >= 15 is 0 Å². The first kappa shape index (κ1) is 13.3. The van der Waals surface area contributed by atoms with Gasteiger partial charge in [-0.1, -0.05) is 18.2 Å². The molecule has 0 amide bonds. The van der Waals surface area contributed by atoms with Crippen LogP contribution < -0.4 is 5.32 Å². The summed E-state index contributed by atoms with van der Waals surface area (Å²) in [5, 5.41) is 4.64. The molecule has 1 aliphatic carbocycles. The summed E-state index contributed by atoms with van der Waals surface area (Å²) < 4.78 is 11.7. The average molecular weight is 286 g/mol. The van der Waals surface area contributed by atoms with Crippen LogP contribution in [0.2, 0.25) is 0 Å². The molecule has 0 bridgehead atoms. The van der Waals surface area contributed by atoms with Gasteiger partial charge in [-0.3, -0.25) is 4.90 Å². The number of ether oxygens (including phenoxy) is 1. The number of para-hydroxylation sites is 1. The molecule has 2 aromatic rings. The van der Waals surface area contributed by atoms with Gasteiger partial charge in [0, 0.05) is 31.1 Å². The third-order valence-electron chi connectivity index (χ3n) is 4.38. The molecule has 1 N–H and O–H groups in total. The number of nitrogens with zero attached hydrogens (tertiary/aromatic N) is 1. The van der Waals surface area contributed by atoms with E-state index in [0.29, 0.717) is 6.10 Å². The van der Waals surface area contributed by atoms with Gasteiger partial charge in [-0.2, -0.15) is 0 Å². The van der Waals surface area contributed by atoms with Gasteiger partial charge in [0.2, 0.25) is 0 Å². The number of benzene rings is 1. The number of morpholine rings is 1. The highest BCUT2D eigenvalue weighted by atomic mass is 16.5. The molecule has 2 aliphatic rings. The van der Waals surface area contributed by atoms with Crippen molar-refractivity contribution < 1.29 is 9.15 Å². The third-order valence-corrected chi connectivity index (χ3v) is 4.38. The maximum Gasteiger partial charge on any atom is 0.134 e. The van der Waals surface area contributed by atoms with Crippen LogP contribution in [-0.2, 0) is 11.3 Å². The molecule has 4 nitrogen and oxygen atoms in total. The highest BCUT2D eigenvalue weighted by Gasteiger charge is 2.32. The van der Waals surface area contributed by atoms with E-state index in [1.54, 1.807) is 0 Å². The van der Waals surface area contributed by atoms with Gasteiger partial charge in [0.15, 0.2) is 0 Å². The van der Waals surface area contributed by atoms with Crippen LogP contribution in [0.5, 0.6) is 0 Å². The molecule has 4 heteroatoms. The van der Waals surface area contributed by atoms with E-state index in [1.165, 1.54) is 18.2 Å². The summed E-state index contributed by atoms with van der Waals surface area (Å²) in [7, 11) is 0. The number of furan rings is 1. The molecular weight excluding hydrogens is 264 g/mol. The molecular formula is C17H22N2O2. The van der Waals surface area contributed by atoms with Crippen molar-refractivity contribution in [3.05, 3.63) is 36.1 Å². The van der Waals surface area contributed by atoms with E-state index in [1.807, 2.05) is 18.2 Å². The number of fused-ring (bicyclic) bond motifs is 1. The van der Waals surface area contributed by atoms with Gasteiger partial charge in [0.05, 0.1) is 19.3 Å². The molecule has 1 atom stereocenters. The van der Waals surface area contributed by atoms with Gasteiger partial charge in [0.25, 0.3) is 0 Å². The minimum atomic E-state index is 0.309. The highest BCUT2D eigenvalue weighted by molar-refractivity contribution is 5.77. The summed E-state index contributed by atoms with van der Waals surface area (Å²) in [6, 6.07) is 11.1. The average Bonchev–Trinajstić information content (AvgIpc) is 3.28. The zero-order valence-corrected chi connectivity index (χ0v) is 12.3. The molecule has 1 aromatic heterocycles. The number of nitrogens with one attached hydrogen (secondary N) is 1. The summed E-state index contributed by atoms with van der Waals surface area (Å²) in [4.78, 5) is 2.58. The van der Waals surface area contributed by atoms with Crippen molar-refractivity contribution in [2.75, 3.05) is 26.2 Å². The SMILES string of the molecule is c1ccc2oc(CNC[C@H]3CN(C4CC4)CCO3)cc2c1. The highest BCUT2D eigenvalue weighted by Crippen LogP contribution is 2.28. The van der Waals surface area contributed by atoms with Crippen LogP contribution >= 0.6 is 0 Å². The van der Waals surface area contributed by atoms with Crippen LogP contribution in [0.25, 0.3) is 11.0 Å². The molecule has 4 rings (SSSR count). The van der Waals surface area contributed by atoms with Crippen LogP contribution in [-0.4, -0.2) is 43.3 Å². The first-order valence-corrected chi connectivity index (χ1v) is 7.92. The second-order valence-corrected chi connectivity index (χ2v) is 6.10. The monoisotopic (exact) mass is 286 g/mol. The Kier molecular flexibility index (Phi) is 3.67. The minimum Gasteiger partial charge on any atom is -0.460 e. The zero-order chi connectivity index (χ0) is 14.1. The van der Waals surface area contributed by atoms with Crippen molar-refractivity contribution in [3.8, 4) is 0 Å². The Morgan fingerprint density at radius 3 is 3.00 bits per heavy atom. The zero-order valence-electron chi connectivity index (χ0n) is 12.3. The second-order valence-electron chi connectivity index (χ2n) is 6.10. The smallest absolute Gasteiger partial charge is 0.134 e. The van der Waals surface area contributed by atoms with Gasteiger partial charge < -0.3 is 14.5 Å². The fourth-order valence-corrected chi connectivity index (χ4v) is 3.12. The predicted octanol–water partition coefficient (Wildman–Crippen LogP) is 2.39. The third kappa shape index (κ3) is 3.12. The first-order valence-electron chi connectivity index (χ1n) is 7.92. The molecule has 1 saturated heterocycles. The van der Waals surface area contributed by atoms with Crippen molar-refractivity contribution in [1.82, 2.24) is 10.2 Å². The standard InChI is InChI=1S/C17H22N2O2/c1-2-4-17-13(3-1)9-15(21-17)10-18-11-16-12-19(7-8-20-16)14-5-6-14/h1-4,9,14,16,18H,5-8,10-12H2/t16-/m0/s1. The van der Waals surface area contributed by atoms with E-state index in [0.717, 1.165) is 50.2 Å². The molecule has 1 aliphatic heterocycles. The molecule has 1 aromatic carbocycles. The largest absolute Gasteiger partial charge is 0.460 e. The van der Waals surface area contributed by atoms with Gasteiger partial charge >= 0.3 is 0 Å². The van der Waals surface area contributed by atoms with E-state index < -0.39 is 0 Å². The Balaban J connectivity index is 1.28. The Hall–Kier alpha value is -1.36. The number of rotatable bonds is 5. The van der Waals surface area contributed by atoms with E-state index in [4.69, 9.17) is 9.15 Å². The lowest BCUT2D eigenvalue weighted by molar-refractivity contribution is -0.0302. The topological polar surface area (TPSA) is 37.6 Å². The molecule has 0 spiro atoms. The van der Waals surface area contributed by atoms with Gasteiger partial charge in [0.1, 0.15) is 11.3 Å². The van der Waals surface area contributed by atoms with Crippen LogP contribution in [0.15, 0.2) is 34.7 Å². The summed E-state index contributed by atoms with van der Waals surface area (Å²) >= 11 is 0. The van der Waals surface area contributed by atoms with E-state index in [2.05, 4.69) is 22.3 Å². The lowest BCUT2D eigenvalue weighted by atomic mass is 10.2. The molecule has 2 fully saturated rings. The van der Waals surface area contributed by atoms with Crippen molar-refractivity contribution in [2.45, 2.75) is 31.5 Å². The number of hydrogen-bond donors (Lipinski definition) is 1. The second kappa shape index (κ2) is 5.79. The molecule has 112 valence electrons.